The molecule has 22 heavy (non-hydrogen) atoms. The standard InChI is InChI=1S/C16H34O4Si2/c1-9-10-11-13(2)14(16(18)20-22(6,7)8)12-15(17)19-21(3,4)5/h13-14H,9-12H2,1-8H3. The second-order valence-electron chi connectivity index (χ2n) is 8.05. The molecule has 0 rings (SSSR count). The summed E-state index contributed by atoms with van der Waals surface area (Å²) >= 11 is 0. The number of carbonyl (C=O) groups excluding carboxylic acids is 2. The van der Waals surface area contributed by atoms with Crippen molar-refractivity contribution in [2.45, 2.75) is 78.8 Å². The first-order valence-corrected chi connectivity index (χ1v) is 15.1. The second-order valence-corrected chi connectivity index (χ2v) is 16.9. The van der Waals surface area contributed by atoms with Crippen molar-refractivity contribution >= 4 is 28.6 Å². The van der Waals surface area contributed by atoms with Gasteiger partial charge in [-0.3, -0.25) is 9.59 Å². The molecule has 0 bridgehead atoms. The van der Waals surface area contributed by atoms with Gasteiger partial charge in [0.1, 0.15) is 0 Å². The van der Waals surface area contributed by atoms with Gasteiger partial charge in [0.2, 0.25) is 16.6 Å². The molecule has 2 unspecified atom stereocenters. The van der Waals surface area contributed by atoms with Crippen LogP contribution in [0.4, 0.5) is 0 Å². The predicted octanol–water partition coefficient (Wildman–Crippen LogP) is 4.58. The molecule has 4 nitrogen and oxygen atoms in total. The maximum atomic E-state index is 12.5. The van der Waals surface area contributed by atoms with Gasteiger partial charge in [0.15, 0.2) is 0 Å². The van der Waals surface area contributed by atoms with Crippen LogP contribution < -0.4 is 0 Å². The SMILES string of the molecule is CCCCC(C)C(CC(=O)O[Si](C)(C)C)C(=O)O[Si](C)(C)C. The van der Waals surface area contributed by atoms with Crippen molar-refractivity contribution in [2.24, 2.45) is 11.8 Å². The molecular formula is C16H34O4Si2. The zero-order valence-corrected chi connectivity index (χ0v) is 17.6. The highest BCUT2D eigenvalue weighted by Crippen LogP contribution is 2.25. The van der Waals surface area contributed by atoms with Crippen molar-refractivity contribution in [3.05, 3.63) is 0 Å². The van der Waals surface area contributed by atoms with Crippen molar-refractivity contribution in [1.29, 1.82) is 0 Å². The molecule has 0 aliphatic rings. The Labute approximate surface area is 138 Å². The van der Waals surface area contributed by atoms with E-state index < -0.39 is 16.6 Å². The molecule has 130 valence electrons. The van der Waals surface area contributed by atoms with Crippen LogP contribution in [0, 0.1) is 11.8 Å². The molecule has 2 atom stereocenters. The fourth-order valence-electron chi connectivity index (χ4n) is 2.18. The Bertz CT molecular complexity index is 369. The number of carbonyl (C=O) groups is 2. The van der Waals surface area contributed by atoms with Crippen LogP contribution in [0.2, 0.25) is 39.3 Å². The molecule has 0 saturated carbocycles. The van der Waals surface area contributed by atoms with Crippen LogP contribution >= 0.6 is 0 Å². The van der Waals surface area contributed by atoms with Crippen LogP contribution in [-0.4, -0.2) is 28.6 Å². The minimum atomic E-state index is -1.95. The lowest BCUT2D eigenvalue weighted by Crippen LogP contribution is -2.37. The van der Waals surface area contributed by atoms with Crippen molar-refractivity contribution in [2.75, 3.05) is 0 Å². The van der Waals surface area contributed by atoms with Gasteiger partial charge < -0.3 is 8.85 Å². The number of hydrogen-bond donors (Lipinski definition) is 0. The largest absolute Gasteiger partial charge is 0.520 e. The van der Waals surface area contributed by atoms with Crippen molar-refractivity contribution in [1.82, 2.24) is 0 Å². The molecule has 0 aromatic heterocycles. The summed E-state index contributed by atoms with van der Waals surface area (Å²) in [6, 6.07) is 0. The summed E-state index contributed by atoms with van der Waals surface area (Å²) in [7, 11) is -3.87. The fourth-order valence-corrected chi connectivity index (χ4v) is 3.71. The van der Waals surface area contributed by atoms with Crippen LogP contribution in [0.25, 0.3) is 0 Å². The van der Waals surface area contributed by atoms with Gasteiger partial charge in [-0.15, -0.1) is 0 Å². The highest BCUT2D eigenvalue weighted by atomic mass is 28.4. The van der Waals surface area contributed by atoms with Crippen LogP contribution in [0.5, 0.6) is 0 Å². The first-order valence-electron chi connectivity index (χ1n) is 8.30. The summed E-state index contributed by atoms with van der Waals surface area (Å²) in [6.07, 6.45) is 3.21. The Morgan fingerprint density at radius 2 is 1.45 bits per heavy atom. The molecule has 0 aliphatic carbocycles. The topological polar surface area (TPSA) is 52.6 Å². The zero-order chi connectivity index (χ0) is 17.6. The van der Waals surface area contributed by atoms with Gasteiger partial charge in [-0.05, 0) is 51.6 Å². The van der Waals surface area contributed by atoms with Crippen molar-refractivity contribution in [3.8, 4) is 0 Å². The first-order chi connectivity index (χ1) is 9.85. The van der Waals surface area contributed by atoms with E-state index in [0.717, 1.165) is 19.3 Å². The molecule has 0 aromatic carbocycles. The van der Waals surface area contributed by atoms with E-state index in [9.17, 15) is 9.59 Å². The van der Waals surface area contributed by atoms with Crippen LogP contribution in [0.1, 0.15) is 39.5 Å². The number of hydrogen-bond acceptors (Lipinski definition) is 4. The summed E-state index contributed by atoms with van der Waals surface area (Å²) in [6.45, 7) is 16.0. The average molecular weight is 347 g/mol. The van der Waals surface area contributed by atoms with Gasteiger partial charge in [-0.2, -0.15) is 0 Å². The maximum absolute atomic E-state index is 12.5. The minimum absolute atomic E-state index is 0.137. The van der Waals surface area contributed by atoms with Crippen molar-refractivity contribution < 1.29 is 18.4 Å². The lowest BCUT2D eigenvalue weighted by Gasteiger charge is -2.27. The third-order valence-corrected chi connectivity index (χ3v) is 4.87. The molecule has 6 heteroatoms. The summed E-state index contributed by atoms with van der Waals surface area (Å²) < 4.78 is 11.1. The molecule has 0 spiro atoms. The quantitative estimate of drug-likeness (QED) is 0.574. The normalized spacial score (nSPS) is 15.1. The zero-order valence-electron chi connectivity index (χ0n) is 15.6. The van der Waals surface area contributed by atoms with Crippen molar-refractivity contribution in [3.63, 3.8) is 0 Å². The summed E-state index contributed by atoms with van der Waals surface area (Å²) in [4.78, 5) is 24.6. The molecule has 0 aliphatic heterocycles. The lowest BCUT2D eigenvalue weighted by atomic mass is 9.87. The Morgan fingerprint density at radius 3 is 1.86 bits per heavy atom. The molecule has 0 heterocycles. The minimum Gasteiger partial charge on any atom is -0.520 e. The molecule has 0 saturated heterocycles. The predicted molar refractivity (Wildman–Crippen MR) is 95.7 cm³/mol. The fraction of sp³-hybridized carbons (Fsp3) is 0.875. The molecule has 0 aromatic rings. The van der Waals surface area contributed by atoms with E-state index in [1.54, 1.807) is 0 Å². The van der Waals surface area contributed by atoms with Crippen LogP contribution in [-0.2, 0) is 18.4 Å². The average Bonchev–Trinajstić information content (AvgIpc) is 2.28. The Kier molecular flexibility index (Phi) is 8.61. The second kappa shape index (κ2) is 8.86. The van der Waals surface area contributed by atoms with Gasteiger partial charge in [0.25, 0.3) is 11.9 Å². The van der Waals surface area contributed by atoms with E-state index in [1.165, 1.54) is 0 Å². The summed E-state index contributed by atoms with van der Waals surface area (Å²) in [5.74, 6) is -0.740. The van der Waals surface area contributed by atoms with E-state index in [4.69, 9.17) is 8.85 Å². The van der Waals surface area contributed by atoms with Gasteiger partial charge in [0, 0.05) is 0 Å². The van der Waals surface area contributed by atoms with Gasteiger partial charge in [-0.1, -0.05) is 26.7 Å². The van der Waals surface area contributed by atoms with Gasteiger partial charge >= 0.3 is 0 Å². The monoisotopic (exact) mass is 346 g/mol. The molecule has 0 amide bonds. The van der Waals surface area contributed by atoms with E-state index in [0.29, 0.717) is 0 Å². The van der Waals surface area contributed by atoms with E-state index in [2.05, 4.69) is 6.92 Å². The third-order valence-electron chi connectivity index (χ3n) is 3.22. The van der Waals surface area contributed by atoms with Gasteiger partial charge in [-0.25, -0.2) is 0 Å². The van der Waals surface area contributed by atoms with E-state index in [1.807, 2.05) is 46.2 Å². The number of unbranched alkanes of at least 4 members (excludes halogenated alkanes) is 1. The molecule has 0 N–H and O–H groups in total. The highest BCUT2D eigenvalue weighted by Gasteiger charge is 2.33. The highest BCUT2D eigenvalue weighted by molar-refractivity contribution is 6.71. The van der Waals surface area contributed by atoms with Crippen LogP contribution in [0.15, 0.2) is 0 Å². The van der Waals surface area contributed by atoms with Gasteiger partial charge in [0.05, 0.1) is 12.3 Å². The smallest absolute Gasteiger partial charge is 0.296 e. The van der Waals surface area contributed by atoms with Crippen LogP contribution in [0.3, 0.4) is 0 Å². The Morgan fingerprint density at radius 1 is 0.955 bits per heavy atom. The molecule has 0 fully saturated rings. The molecule has 0 radical (unpaired) electrons. The van der Waals surface area contributed by atoms with E-state index >= 15 is 0 Å². The summed E-state index contributed by atoms with van der Waals surface area (Å²) in [5, 5.41) is 0. The Balaban J connectivity index is 4.93. The first kappa shape index (κ1) is 21.4. The molecular weight excluding hydrogens is 312 g/mol. The van der Waals surface area contributed by atoms with E-state index in [-0.39, 0.29) is 30.2 Å². The summed E-state index contributed by atoms with van der Waals surface area (Å²) in [5.41, 5.74) is 0. The third kappa shape index (κ3) is 10.2. The maximum Gasteiger partial charge on any atom is 0.296 e. The lowest BCUT2D eigenvalue weighted by molar-refractivity contribution is -0.148. The Hall–Kier alpha value is -0.626. The number of rotatable bonds is 9.